The van der Waals surface area contributed by atoms with E-state index in [4.69, 9.17) is 4.42 Å². The molecule has 20 heavy (non-hydrogen) atoms. The molecule has 0 saturated heterocycles. The van der Waals surface area contributed by atoms with E-state index < -0.39 is 0 Å². The molecule has 0 saturated carbocycles. The SMILES string of the molecule is CCNCc1oc2cc(C)c(Br)c(C)c2c1CC(C)C. The molecule has 1 aromatic heterocycles. The summed E-state index contributed by atoms with van der Waals surface area (Å²) >= 11 is 3.71. The van der Waals surface area contributed by atoms with Gasteiger partial charge in [-0.15, -0.1) is 0 Å². The summed E-state index contributed by atoms with van der Waals surface area (Å²) in [6, 6.07) is 2.14. The third kappa shape index (κ3) is 2.94. The second kappa shape index (κ2) is 6.31. The molecule has 1 aromatic carbocycles. The molecule has 0 amide bonds. The van der Waals surface area contributed by atoms with Crippen LogP contribution in [0.15, 0.2) is 15.0 Å². The van der Waals surface area contributed by atoms with Crippen molar-refractivity contribution in [1.29, 1.82) is 0 Å². The lowest BCUT2D eigenvalue weighted by Gasteiger charge is -2.09. The summed E-state index contributed by atoms with van der Waals surface area (Å²) in [6.45, 7) is 12.7. The number of nitrogens with one attached hydrogen (secondary N) is 1. The number of rotatable bonds is 5. The highest BCUT2D eigenvalue weighted by Gasteiger charge is 2.19. The number of fused-ring (bicyclic) bond motifs is 1. The molecule has 1 N–H and O–H groups in total. The minimum Gasteiger partial charge on any atom is -0.459 e. The van der Waals surface area contributed by atoms with Crippen LogP contribution in [0.25, 0.3) is 11.0 Å². The van der Waals surface area contributed by atoms with Crippen LogP contribution in [0.1, 0.15) is 43.2 Å². The van der Waals surface area contributed by atoms with Gasteiger partial charge in [-0.05, 0) is 49.9 Å². The lowest BCUT2D eigenvalue weighted by atomic mass is 9.96. The fourth-order valence-electron chi connectivity index (χ4n) is 2.72. The van der Waals surface area contributed by atoms with Gasteiger partial charge in [0.2, 0.25) is 0 Å². The molecular formula is C17H24BrNO. The monoisotopic (exact) mass is 337 g/mol. The standard InChI is InChI=1S/C17H24BrNO/c1-6-19-9-15-13(7-10(2)3)16-12(5)17(18)11(4)8-14(16)20-15/h8,10,19H,6-7,9H2,1-5H3. The summed E-state index contributed by atoms with van der Waals surface area (Å²) in [7, 11) is 0. The zero-order valence-corrected chi connectivity index (χ0v) is 14.6. The van der Waals surface area contributed by atoms with Crippen LogP contribution in [0.5, 0.6) is 0 Å². The highest BCUT2D eigenvalue weighted by Crippen LogP contribution is 2.36. The third-order valence-electron chi connectivity index (χ3n) is 3.66. The highest BCUT2D eigenvalue weighted by molar-refractivity contribution is 9.10. The fourth-order valence-corrected chi connectivity index (χ4v) is 3.03. The van der Waals surface area contributed by atoms with Crippen molar-refractivity contribution in [2.24, 2.45) is 5.92 Å². The molecule has 0 atom stereocenters. The molecule has 3 heteroatoms. The minimum absolute atomic E-state index is 0.621. The van der Waals surface area contributed by atoms with Crippen LogP contribution in [0.2, 0.25) is 0 Å². The average molecular weight is 338 g/mol. The first kappa shape index (κ1) is 15.6. The normalized spacial score (nSPS) is 11.8. The van der Waals surface area contributed by atoms with Crippen LogP contribution in [-0.4, -0.2) is 6.54 Å². The molecular weight excluding hydrogens is 314 g/mol. The Morgan fingerprint density at radius 1 is 1.30 bits per heavy atom. The van der Waals surface area contributed by atoms with Gasteiger partial charge in [0.25, 0.3) is 0 Å². The average Bonchev–Trinajstić information content (AvgIpc) is 2.71. The Kier molecular flexibility index (Phi) is 4.92. The van der Waals surface area contributed by atoms with Gasteiger partial charge in [-0.1, -0.05) is 36.7 Å². The molecule has 2 nitrogen and oxygen atoms in total. The van der Waals surface area contributed by atoms with Crippen molar-refractivity contribution < 1.29 is 4.42 Å². The Morgan fingerprint density at radius 2 is 2.00 bits per heavy atom. The molecule has 0 bridgehead atoms. The summed E-state index contributed by atoms with van der Waals surface area (Å²) in [4.78, 5) is 0. The predicted molar refractivity (Wildman–Crippen MR) is 89.3 cm³/mol. The Labute approximate surface area is 130 Å². The van der Waals surface area contributed by atoms with Gasteiger partial charge in [0.05, 0.1) is 6.54 Å². The van der Waals surface area contributed by atoms with Crippen LogP contribution in [0, 0.1) is 19.8 Å². The lowest BCUT2D eigenvalue weighted by molar-refractivity contribution is 0.506. The topological polar surface area (TPSA) is 25.2 Å². The van der Waals surface area contributed by atoms with E-state index in [-0.39, 0.29) is 0 Å². The Hall–Kier alpha value is -0.800. The third-order valence-corrected chi connectivity index (χ3v) is 4.88. The number of benzene rings is 1. The van der Waals surface area contributed by atoms with Gasteiger partial charge < -0.3 is 9.73 Å². The van der Waals surface area contributed by atoms with E-state index in [9.17, 15) is 0 Å². The van der Waals surface area contributed by atoms with E-state index >= 15 is 0 Å². The van der Waals surface area contributed by atoms with E-state index in [0.29, 0.717) is 5.92 Å². The molecule has 0 fully saturated rings. The molecule has 0 spiro atoms. The first-order valence-corrected chi connectivity index (χ1v) is 8.15. The number of aryl methyl sites for hydroxylation is 2. The van der Waals surface area contributed by atoms with Crippen molar-refractivity contribution in [3.63, 3.8) is 0 Å². The Morgan fingerprint density at radius 3 is 2.60 bits per heavy atom. The van der Waals surface area contributed by atoms with Gasteiger partial charge in [-0.3, -0.25) is 0 Å². The Balaban J connectivity index is 2.64. The predicted octanol–water partition coefficient (Wildman–Crippen LogP) is 5.12. The minimum atomic E-state index is 0.621. The summed E-state index contributed by atoms with van der Waals surface area (Å²) < 4.78 is 7.34. The molecule has 1 heterocycles. The lowest BCUT2D eigenvalue weighted by Crippen LogP contribution is -2.12. The van der Waals surface area contributed by atoms with Crippen LogP contribution in [0.4, 0.5) is 0 Å². The van der Waals surface area contributed by atoms with Crippen molar-refractivity contribution in [2.75, 3.05) is 6.54 Å². The molecule has 0 aliphatic carbocycles. The number of hydrogen-bond donors (Lipinski definition) is 1. The quantitative estimate of drug-likeness (QED) is 0.818. The van der Waals surface area contributed by atoms with E-state index in [1.54, 1.807) is 0 Å². The molecule has 110 valence electrons. The highest BCUT2D eigenvalue weighted by atomic mass is 79.9. The zero-order valence-electron chi connectivity index (χ0n) is 13.1. The molecule has 0 aliphatic heterocycles. The summed E-state index contributed by atoms with van der Waals surface area (Å²) in [5.41, 5.74) is 4.91. The maximum Gasteiger partial charge on any atom is 0.135 e. The van der Waals surface area contributed by atoms with E-state index in [2.05, 4.69) is 61.9 Å². The van der Waals surface area contributed by atoms with Crippen molar-refractivity contribution in [3.05, 3.63) is 33.0 Å². The maximum atomic E-state index is 6.14. The van der Waals surface area contributed by atoms with Crippen LogP contribution >= 0.6 is 15.9 Å². The number of furan rings is 1. The maximum absolute atomic E-state index is 6.14. The van der Waals surface area contributed by atoms with Crippen LogP contribution < -0.4 is 5.32 Å². The van der Waals surface area contributed by atoms with Gasteiger partial charge in [0.1, 0.15) is 11.3 Å². The van der Waals surface area contributed by atoms with Crippen molar-refractivity contribution in [3.8, 4) is 0 Å². The largest absolute Gasteiger partial charge is 0.459 e. The first-order valence-electron chi connectivity index (χ1n) is 7.36. The van der Waals surface area contributed by atoms with Gasteiger partial charge in [-0.2, -0.15) is 0 Å². The van der Waals surface area contributed by atoms with Gasteiger partial charge >= 0.3 is 0 Å². The van der Waals surface area contributed by atoms with Crippen molar-refractivity contribution in [1.82, 2.24) is 5.32 Å². The van der Waals surface area contributed by atoms with Crippen LogP contribution in [-0.2, 0) is 13.0 Å². The zero-order chi connectivity index (χ0) is 14.9. The molecule has 0 radical (unpaired) electrons. The van der Waals surface area contributed by atoms with Crippen LogP contribution in [0.3, 0.4) is 0 Å². The van der Waals surface area contributed by atoms with E-state index in [1.807, 2.05) is 0 Å². The smallest absolute Gasteiger partial charge is 0.135 e. The van der Waals surface area contributed by atoms with E-state index in [0.717, 1.165) is 30.9 Å². The van der Waals surface area contributed by atoms with Gasteiger partial charge in [-0.25, -0.2) is 0 Å². The van der Waals surface area contributed by atoms with E-state index in [1.165, 1.54) is 26.5 Å². The number of halogens is 1. The summed E-state index contributed by atoms with van der Waals surface area (Å²) in [6.07, 6.45) is 1.06. The molecule has 2 aromatic rings. The first-order chi connectivity index (χ1) is 9.45. The molecule has 2 rings (SSSR count). The second-order valence-electron chi connectivity index (χ2n) is 5.89. The summed E-state index contributed by atoms with van der Waals surface area (Å²) in [5, 5.41) is 4.68. The second-order valence-corrected chi connectivity index (χ2v) is 6.68. The van der Waals surface area contributed by atoms with Gasteiger partial charge in [0, 0.05) is 15.4 Å². The number of hydrogen-bond acceptors (Lipinski definition) is 2. The molecule has 0 aliphatic rings. The Bertz CT molecular complexity index is 613. The molecule has 0 unspecified atom stereocenters. The van der Waals surface area contributed by atoms with Crippen molar-refractivity contribution in [2.45, 2.75) is 47.6 Å². The summed E-state index contributed by atoms with van der Waals surface area (Å²) in [5.74, 6) is 1.71. The fraction of sp³-hybridized carbons (Fsp3) is 0.529. The van der Waals surface area contributed by atoms with Gasteiger partial charge in [0.15, 0.2) is 0 Å². The van der Waals surface area contributed by atoms with Crippen molar-refractivity contribution >= 4 is 26.9 Å².